The number of nitrogens with zero attached hydrogens (tertiary/aromatic N) is 2. The largest absolute Gasteiger partial charge is 0.489 e. The summed E-state index contributed by atoms with van der Waals surface area (Å²) in [5, 5.41) is 0. The van der Waals surface area contributed by atoms with Crippen LogP contribution >= 0.6 is 0 Å². The first kappa shape index (κ1) is 17.3. The van der Waals surface area contributed by atoms with E-state index in [9.17, 15) is 9.18 Å². The minimum atomic E-state index is -0.385. The van der Waals surface area contributed by atoms with Gasteiger partial charge in [0.15, 0.2) is 0 Å². The summed E-state index contributed by atoms with van der Waals surface area (Å²) in [5.74, 6) is 0.359. The molecule has 2 aromatic rings. The third kappa shape index (κ3) is 4.10. The zero-order valence-electron chi connectivity index (χ0n) is 14.6. The maximum Gasteiger partial charge on any atom is 0.254 e. The number of anilines is 1. The number of para-hydroxylation sites is 2. The highest BCUT2D eigenvalue weighted by Crippen LogP contribution is 2.29. The van der Waals surface area contributed by atoms with Crippen molar-refractivity contribution in [3.8, 4) is 5.75 Å². The fraction of sp³-hybridized carbons (Fsp3) is 0.350. The lowest BCUT2D eigenvalue weighted by Gasteiger charge is -2.37. The molecule has 25 heavy (non-hydrogen) atoms. The van der Waals surface area contributed by atoms with Crippen LogP contribution < -0.4 is 9.64 Å². The van der Waals surface area contributed by atoms with Crippen molar-refractivity contribution in [1.29, 1.82) is 0 Å². The molecule has 0 bridgehead atoms. The number of piperazine rings is 1. The van der Waals surface area contributed by atoms with Gasteiger partial charge in [-0.1, -0.05) is 18.2 Å². The molecule has 1 fully saturated rings. The van der Waals surface area contributed by atoms with Gasteiger partial charge in [-0.25, -0.2) is 4.39 Å². The molecule has 5 heteroatoms. The molecule has 0 aliphatic carbocycles. The van der Waals surface area contributed by atoms with Crippen molar-refractivity contribution in [2.75, 3.05) is 31.1 Å². The van der Waals surface area contributed by atoms with E-state index < -0.39 is 0 Å². The Morgan fingerprint density at radius 3 is 2.44 bits per heavy atom. The van der Waals surface area contributed by atoms with Gasteiger partial charge in [0.2, 0.25) is 0 Å². The third-order valence-corrected chi connectivity index (χ3v) is 4.21. The lowest BCUT2D eigenvalue weighted by Crippen LogP contribution is -2.49. The van der Waals surface area contributed by atoms with Gasteiger partial charge in [0.1, 0.15) is 11.6 Å². The fourth-order valence-electron chi connectivity index (χ4n) is 3.03. The van der Waals surface area contributed by atoms with Crippen molar-refractivity contribution in [2.24, 2.45) is 0 Å². The summed E-state index contributed by atoms with van der Waals surface area (Å²) < 4.78 is 19.2. The van der Waals surface area contributed by atoms with Crippen LogP contribution in [0.2, 0.25) is 0 Å². The van der Waals surface area contributed by atoms with Gasteiger partial charge in [0.05, 0.1) is 11.8 Å². The summed E-state index contributed by atoms with van der Waals surface area (Å²) in [4.78, 5) is 16.5. The normalized spacial score (nSPS) is 14.7. The summed E-state index contributed by atoms with van der Waals surface area (Å²) in [6.45, 7) is 6.66. The van der Waals surface area contributed by atoms with Crippen LogP contribution in [0.1, 0.15) is 24.2 Å². The van der Waals surface area contributed by atoms with Gasteiger partial charge in [-0.3, -0.25) is 4.79 Å². The molecule has 3 rings (SSSR count). The number of hydrogen-bond acceptors (Lipinski definition) is 3. The Labute approximate surface area is 147 Å². The van der Waals surface area contributed by atoms with Gasteiger partial charge in [-0.15, -0.1) is 0 Å². The van der Waals surface area contributed by atoms with Crippen LogP contribution in [-0.4, -0.2) is 43.1 Å². The smallest absolute Gasteiger partial charge is 0.254 e. The molecule has 0 radical (unpaired) electrons. The van der Waals surface area contributed by atoms with E-state index in [0.29, 0.717) is 18.7 Å². The molecule has 1 amide bonds. The SMILES string of the molecule is CC(C)Oc1ccccc1N1CCN(C(=O)c2cccc(F)c2)CC1. The molecular weight excluding hydrogens is 319 g/mol. The van der Waals surface area contributed by atoms with Gasteiger partial charge in [0, 0.05) is 31.7 Å². The monoisotopic (exact) mass is 342 g/mol. The highest BCUT2D eigenvalue weighted by molar-refractivity contribution is 5.94. The summed E-state index contributed by atoms with van der Waals surface area (Å²) >= 11 is 0. The average molecular weight is 342 g/mol. The molecule has 0 spiro atoms. The van der Waals surface area contributed by atoms with Crippen LogP contribution in [-0.2, 0) is 0 Å². The summed E-state index contributed by atoms with van der Waals surface area (Å²) in [6, 6.07) is 13.8. The van der Waals surface area contributed by atoms with Crippen molar-refractivity contribution >= 4 is 11.6 Å². The van der Waals surface area contributed by atoms with E-state index in [1.165, 1.54) is 12.1 Å². The molecule has 0 unspecified atom stereocenters. The zero-order valence-corrected chi connectivity index (χ0v) is 14.6. The van der Waals surface area contributed by atoms with Crippen LogP contribution in [0.4, 0.5) is 10.1 Å². The molecule has 0 N–H and O–H groups in total. The molecule has 1 heterocycles. The van der Waals surface area contributed by atoms with Gasteiger partial charge in [-0.05, 0) is 44.2 Å². The molecule has 0 atom stereocenters. The van der Waals surface area contributed by atoms with Crippen molar-refractivity contribution in [1.82, 2.24) is 4.90 Å². The molecular formula is C20H23FN2O2. The van der Waals surface area contributed by atoms with Crippen LogP contribution in [0.15, 0.2) is 48.5 Å². The first-order chi connectivity index (χ1) is 12.0. The number of carbonyl (C=O) groups is 1. The molecule has 2 aromatic carbocycles. The van der Waals surface area contributed by atoms with Crippen molar-refractivity contribution in [2.45, 2.75) is 20.0 Å². The van der Waals surface area contributed by atoms with Gasteiger partial charge in [-0.2, -0.15) is 0 Å². The Hall–Kier alpha value is -2.56. The second kappa shape index (κ2) is 7.55. The molecule has 0 saturated carbocycles. The Kier molecular flexibility index (Phi) is 5.22. The number of rotatable bonds is 4. The van der Waals surface area contributed by atoms with E-state index in [2.05, 4.69) is 4.90 Å². The van der Waals surface area contributed by atoms with Crippen molar-refractivity contribution in [3.05, 3.63) is 59.9 Å². The lowest BCUT2D eigenvalue weighted by atomic mass is 10.1. The van der Waals surface area contributed by atoms with E-state index in [-0.39, 0.29) is 17.8 Å². The Balaban J connectivity index is 1.67. The number of hydrogen-bond donors (Lipinski definition) is 0. The molecule has 4 nitrogen and oxygen atoms in total. The standard InChI is InChI=1S/C20H23FN2O2/c1-15(2)25-19-9-4-3-8-18(19)22-10-12-23(13-11-22)20(24)16-6-5-7-17(21)14-16/h3-9,14-15H,10-13H2,1-2H3. The Morgan fingerprint density at radius 1 is 1.04 bits per heavy atom. The Morgan fingerprint density at radius 2 is 1.76 bits per heavy atom. The molecule has 132 valence electrons. The quantitative estimate of drug-likeness (QED) is 0.851. The zero-order chi connectivity index (χ0) is 17.8. The van der Waals surface area contributed by atoms with Crippen molar-refractivity contribution in [3.63, 3.8) is 0 Å². The van der Waals surface area contributed by atoms with E-state index in [1.807, 2.05) is 38.1 Å². The van der Waals surface area contributed by atoms with Crippen molar-refractivity contribution < 1.29 is 13.9 Å². The van der Waals surface area contributed by atoms with Gasteiger partial charge >= 0.3 is 0 Å². The maximum absolute atomic E-state index is 13.3. The number of amides is 1. The third-order valence-electron chi connectivity index (χ3n) is 4.21. The lowest BCUT2D eigenvalue weighted by molar-refractivity contribution is 0.0746. The van der Waals surface area contributed by atoms with E-state index in [1.54, 1.807) is 17.0 Å². The molecule has 1 saturated heterocycles. The topological polar surface area (TPSA) is 32.8 Å². The summed E-state index contributed by atoms with van der Waals surface area (Å²) in [5.41, 5.74) is 1.45. The highest BCUT2D eigenvalue weighted by atomic mass is 19.1. The van der Waals surface area contributed by atoms with Crippen LogP contribution in [0, 0.1) is 5.82 Å². The maximum atomic E-state index is 13.3. The number of ether oxygens (including phenoxy) is 1. The second-order valence-corrected chi connectivity index (χ2v) is 6.42. The minimum absolute atomic E-state index is 0.108. The first-order valence-electron chi connectivity index (χ1n) is 8.60. The van der Waals surface area contributed by atoms with Gasteiger partial charge < -0.3 is 14.5 Å². The highest BCUT2D eigenvalue weighted by Gasteiger charge is 2.24. The number of halogens is 1. The number of benzene rings is 2. The van der Waals surface area contributed by atoms with Crippen LogP contribution in [0.3, 0.4) is 0 Å². The van der Waals surface area contributed by atoms with E-state index in [0.717, 1.165) is 24.5 Å². The summed E-state index contributed by atoms with van der Waals surface area (Å²) in [6.07, 6.45) is 0.108. The predicted octanol–water partition coefficient (Wildman–Crippen LogP) is 3.58. The van der Waals surface area contributed by atoms with Crippen LogP contribution in [0.5, 0.6) is 5.75 Å². The average Bonchev–Trinajstić information content (AvgIpc) is 2.61. The molecule has 0 aromatic heterocycles. The van der Waals surface area contributed by atoms with E-state index in [4.69, 9.17) is 4.74 Å². The fourth-order valence-corrected chi connectivity index (χ4v) is 3.03. The van der Waals surface area contributed by atoms with Gasteiger partial charge in [0.25, 0.3) is 5.91 Å². The second-order valence-electron chi connectivity index (χ2n) is 6.42. The minimum Gasteiger partial charge on any atom is -0.489 e. The Bertz CT molecular complexity index is 740. The van der Waals surface area contributed by atoms with E-state index >= 15 is 0 Å². The summed E-state index contributed by atoms with van der Waals surface area (Å²) in [7, 11) is 0. The van der Waals surface area contributed by atoms with Crippen LogP contribution in [0.25, 0.3) is 0 Å². The first-order valence-corrected chi connectivity index (χ1v) is 8.60. The molecule has 1 aliphatic rings. The number of carbonyl (C=O) groups excluding carboxylic acids is 1. The predicted molar refractivity (Wildman–Crippen MR) is 96.7 cm³/mol. The molecule has 1 aliphatic heterocycles.